The Kier molecular flexibility index (Phi) is 3.35. The molecular weight excluding hydrogens is 242 g/mol. The minimum atomic E-state index is -0.623. The molecule has 1 N–H and O–H groups in total. The molecule has 0 atom stereocenters. The first-order chi connectivity index (χ1) is 8.20. The van der Waals surface area contributed by atoms with Crippen LogP contribution in [0.25, 0.3) is 0 Å². The van der Waals surface area contributed by atoms with Gasteiger partial charge in [0.05, 0.1) is 0 Å². The standard InChI is InChI=1S/C12H8F2N2S/c13-10-2-1-3-11(14)12(10)16-7-9-5-4-8(6-15)17-9/h1-5,16H,7H2. The number of halogens is 2. The summed E-state index contributed by atoms with van der Waals surface area (Å²) in [5, 5.41) is 11.3. The minimum Gasteiger partial charge on any atom is -0.375 e. The Morgan fingerprint density at radius 1 is 1.18 bits per heavy atom. The maximum atomic E-state index is 13.3. The summed E-state index contributed by atoms with van der Waals surface area (Å²) in [6, 6.07) is 9.15. The number of para-hydroxylation sites is 1. The van der Waals surface area contributed by atoms with E-state index in [1.807, 2.05) is 6.07 Å². The Balaban J connectivity index is 2.10. The summed E-state index contributed by atoms with van der Waals surface area (Å²) in [4.78, 5) is 1.43. The van der Waals surface area contributed by atoms with Crippen molar-refractivity contribution < 1.29 is 8.78 Å². The van der Waals surface area contributed by atoms with Crippen LogP contribution in [-0.4, -0.2) is 0 Å². The second-order valence-corrected chi connectivity index (χ2v) is 4.50. The van der Waals surface area contributed by atoms with Crippen LogP contribution in [0.5, 0.6) is 0 Å². The van der Waals surface area contributed by atoms with Gasteiger partial charge in [-0.2, -0.15) is 5.26 Å². The van der Waals surface area contributed by atoms with Crippen LogP contribution >= 0.6 is 11.3 Å². The van der Waals surface area contributed by atoms with Crippen molar-refractivity contribution in [1.29, 1.82) is 5.26 Å². The lowest BCUT2D eigenvalue weighted by Gasteiger charge is -2.06. The minimum absolute atomic E-state index is 0.139. The van der Waals surface area contributed by atoms with Crippen molar-refractivity contribution in [2.45, 2.75) is 6.54 Å². The molecule has 0 amide bonds. The summed E-state index contributed by atoms with van der Waals surface area (Å²) >= 11 is 1.30. The van der Waals surface area contributed by atoms with Crippen LogP contribution in [0.1, 0.15) is 9.75 Å². The molecule has 0 saturated carbocycles. The second-order valence-electron chi connectivity index (χ2n) is 3.33. The lowest BCUT2D eigenvalue weighted by molar-refractivity contribution is 0.588. The van der Waals surface area contributed by atoms with Crippen molar-refractivity contribution >= 4 is 17.0 Å². The SMILES string of the molecule is N#Cc1ccc(CNc2c(F)cccc2F)s1. The maximum Gasteiger partial charge on any atom is 0.149 e. The topological polar surface area (TPSA) is 35.8 Å². The fourth-order valence-corrected chi connectivity index (χ4v) is 2.12. The molecule has 1 aromatic heterocycles. The number of benzene rings is 1. The van der Waals surface area contributed by atoms with Crippen LogP contribution in [0.2, 0.25) is 0 Å². The quantitative estimate of drug-likeness (QED) is 0.904. The van der Waals surface area contributed by atoms with Crippen molar-refractivity contribution in [1.82, 2.24) is 0 Å². The largest absolute Gasteiger partial charge is 0.375 e. The number of thiophene rings is 1. The highest BCUT2D eigenvalue weighted by atomic mass is 32.1. The molecule has 1 heterocycles. The van der Waals surface area contributed by atoms with Gasteiger partial charge in [0.2, 0.25) is 0 Å². The molecule has 0 radical (unpaired) electrons. The van der Waals surface area contributed by atoms with Crippen LogP contribution in [0.3, 0.4) is 0 Å². The normalized spacial score (nSPS) is 9.94. The van der Waals surface area contributed by atoms with Crippen LogP contribution in [0, 0.1) is 23.0 Å². The Morgan fingerprint density at radius 2 is 1.88 bits per heavy atom. The van der Waals surface area contributed by atoms with Gasteiger partial charge in [-0.25, -0.2) is 8.78 Å². The third-order valence-corrected chi connectivity index (χ3v) is 3.16. The van der Waals surface area contributed by atoms with Crippen molar-refractivity contribution in [3.8, 4) is 6.07 Å². The molecule has 0 bridgehead atoms. The molecular formula is C12H8F2N2S. The number of hydrogen-bond acceptors (Lipinski definition) is 3. The van der Waals surface area contributed by atoms with Gasteiger partial charge in [0, 0.05) is 11.4 Å². The van der Waals surface area contributed by atoms with Crippen LogP contribution < -0.4 is 5.32 Å². The fraction of sp³-hybridized carbons (Fsp3) is 0.0833. The number of hydrogen-bond donors (Lipinski definition) is 1. The first-order valence-electron chi connectivity index (χ1n) is 4.87. The van der Waals surface area contributed by atoms with Crippen LogP contribution in [-0.2, 0) is 6.54 Å². The molecule has 1 aromatic carbocycles. The van der Waals surface area contributed by atoms with Gasteiger partial charge >= 0.3 is 0 Å². The van der Waals surface area contributed by atoms with Crippen molar-refractivity contribution in [3.05, 3.63) is 51.7 Å². The molecule has 0 aliphatic heterocycles. The summed E-state index contributed by atoms with van der Waals surface area (Å²) < 4.78 is 26.5. The molecule has 2 rings (SSSR count). The summed E-state index contributed by atoms with van der Waals surface area (Å²) in [7, 11) is 0. The van der Waals surface area contributed by atoms with E-state index in [4.69, 9.17) is 5.26 Å². The monoisotopic (exact) mass is 250 g/mol. The van der Waals surface area contributed by atoms with Gasteiger partial charge in [-0.05, 0) is 24.3 Å². The summed E-state index contributed by atoms with van der Waals surface area (Å²) in [6.07, 6.45) is 0. The number of nitrogens with zero attached hydrogens (tertiary/aromatic N) is 1. The molecule has 86 valence electrons. The molecule has 0 aliphatic rings. The highest BCUT2D eigenvalue weighted by molar-refractivity contribution is 7.12. The van der Waals surface area contributed by atoms with Crippen molar-refractivity contribution in [2.75, 3.05) is 5.32 Å². The van der Waals surface area contributed by atoms with Gasteiger partial charge in [-0.1, -0.05) is 6.07 Å². The highest BCUT2D eigenvalue weighted by Crippen LogP contribution is 2.21. The third-order valence-electron chi connectivity index (χ3n) is 2.17. The lowest BCUT2D eigenvalue weighted by Crippen LogP contribution is -2.02. The number of anilines is 1. The van der Waals surface area contributed by atoms with Gasteiger partial charge in [0.1, 0.15) is 28.3 Å². The van der Waals surface area contributed by atoms with Gasteiger partial charge in [0.25, 0.3) is 0 Å². The first kappa shape index (κ1) is 11.6. The Bertz CT molecular complexity index is 552. The van der Waals surface area contributed by atoms with Crippen molar-refractivity contribution in [3.63, 3.8) is 0 Å². The van der Waals surface area contributed by atoms with Gasteiger partial charge in [-0.15, -0.1) is 11.3 Å². The molecule has 0 fully saturated rings. The number of nitriles is 1. The zero-order valence-electron chi connectivity index (χ0n) is 8.71. The summed E-state index contributed by atoms with van der Waals surface area (Å²) in [5.41, 5.74) is -0.139. The van der Waals surface area contributed by atoms with E-state index in [2.05, 4.69) is 5.32 Å². The molecule has 2 aromatic rings. The van der Waals surface area contributed by atoms with Crippen LogP contribution in [0.15, 0.2) is 30.3 Å². The molecule has 17 heavy (non-hydrogen) atoms. The van der Waals surface area contributed by atoms with E-state index in [-0.39, 0.29) is 5.69 Å². The first-order valence-corrected chi connectivity index (χ1v) is 5.69. The van der Waals surface area contributed by atoms with E-state index in [9.17, 15) is 8.78 Å². The molecule has 0 spiro atoms. The highest BCUT2D eigenvalue weighted by Gasteiger charge is 2.08. The van der Waals surface area contributed by atoms with Gasteiger partial charge in [0.15, 0.2) is 0 Å². The number of nitrogens with one attached hydrogen (secondary N) is 1. The zero-order valence-corrected chi connectivity index (χ0v) is 9.52. The Hall–Kier alpha value is -1.93. The smallest absolute Gasteiger partial charge is 0.149 e. The molecule has 2 nitrogen and oxygen atoms in total. The Morgan fingerprint density at radius 3 is 2.47 bits per heavy atom. The summed E-state index contributed by atoms with van der Waals surface area (Å²) in [6.45, 7) is 0.296. The average molecular weight is 250 g/mol. The van der Waals surface area contributed by atoms with Crippen LogP contribution in [0.4, 0.5) is 14.5 Å². The predicted molar refractivity (Wildman–Crippen MR) is 62.7 cm³/mol. The second kappa shape index (κ2) is 4.93. The van der Waals surface area contributed by atoms with E-state index >= 15 is 0 Å². The molecule has 0 saturated heterocycles. The zero-order chi connectivity index (χ0) is 12.3. The Labute approximate surface area is 101 Å². The van der Waals surface area contributed by atoms with Gasteiger partial charge in [-0.3, -0.25) is 0 Å². The van der Waals surface area contributed by atoms with E-state index in [1.165, 1.54) is 29.5 Å². The number of rotatable bonds is 3. The van der Waals surface area contributed by atoms with Gasteiger partial charge < -0.3 is 5.32 Å². The predicted octanol–water partition coefficient (Wildman–Crippen LogP) is 3.51. The van der Waals surface area contributed by atoms with E-state index in [0.717, 1.165) is 4.88 Å². The third kappa shape index (κ3) is 2.60. The maximum absolute atomic E-state index is 13.3. The van der Waals surface area contributed by atoms with E-state index < -0.39 is 11.6 Å². The van der Waals surface area contributed by atoms with Crippen molar-refractivity contribution in [2.24, 2.45) is 0 Å². The summed E-state index contributed by atoms with van der Waals surface area (Å²) in [5.74, 6) is -1.25. The molecule has 0 aliphatic carbocycles. The fourth-order valence-electron chi connectivity index (χ4n) is 1.38. The lowest BCUT2D eigenvalue weighted by atomic mass is 10.3. The molecule has 5 heteroatoms. The van der Waals surface area contributed by atoms with E-state index in [1.54, 1.807) is 12.1 Å². The molecule has 0 unspecified atom stereocenters. The van der Waals surface area contributed by atoms with E-state index in [0.29, 0.717) is 11.4 Å². The average Bonchev–Trinajstić information content (AvgIpc) is 2.76.